The van der Waals surface area contributed by atoms with Gasteiger partial charge in [0.25, 0.3) is 0 Å². The molecule has 1 heterocycles. The van der Waals surface area contributed by atoms with Crippen molar-refractivity contribution in [3.8, 4) is 0 Å². The highest BCUT2D eigenvalue weighted by Gasteiger charge is 2.24. The summed E-state index contributed by atoms with van der Waals surface area (Å²) in [5.41, 5.74) is 9.47. The molecule has 17 heavy (non-hydrogen) atoms. The lowest BCUT2D eigenvalue weighted by atomic mass is 9.96. The molecule has 1 fully saturated rings. The number of ether oxygens (including phenoxy) is 2. The van der Waals surface area contributed by atoms with E-state index in [1.165, 1.54) is 0 Å². The topological polar surface area (TPSA) is 44.5 Å². The van der Waals surface area contributed by atoms with Gasteiger partial charge in [-0.05, 0) is 36.6 Å². The molecule has 2 rings (SSSR count). The molecule has 0 aliphatic carbocycles. The molecule has 1 aromatic carbocycles. The molecule has 0 aromatic heterocycles. The van der Waals surface area contributed by atoms with Crippen LogP contribution in [0.4, 0.5) is 0 Å². The monoisotopic (exact) mass is 255 g/mol. The summed E-state index contributed by atoms with van der Waals surface area (Å²) in [5, 5.41) is 0.777. The van der Waals surface area contributed by atoms with Crippen molar-refractivity contribution in [2.24, 2.45) is 5.73 Å². The average molecular weight is 256 g/mol. The van der Waals surface area contributed by atoms with Crippen molar-refractivity contribution in [3.63, 3.8) is 0 Å². The van der Waals surface area contributed by atoms with E-state index in [0.717, 1.165) is 21.7 Å². The lowest BCUT2D eigenvalue weighted by molar-refractivity contribution is -0.0976. The molecule has 94 valence electrons. The van der Waals surface area contributed by atoms with Crippen LogP contribution in [0.25, 0.3) is 0 Å². The van der Waals surface area contributed by atoms with E-state index < -0.39 is 0 Å². The Morgan fingerprint density at radius 3 is 2.71 bits per heavy atom. The Bertz CT molecular complexity index is 403. The molecule has 0 radical (unpaired) electrons. The maximum atomic E-state index is 6.24. The second kappa shape index (κ2) is 5.36. The number of rotatable bonds is 2. The Hall–Kier alpha value is -0.610. The second-order valence-corrected chi connectivity index (χ2v) is 4.88. The maximum Gasteiger partial charge on any atom is 0.100 e. The predicted molar refractivity (Wildman–Crippen MR) is 68.4 cm³/mol. The fourth-order valence-electron chi connectivity index (χ4n) is 2.08. The third-order valence-corrected chi connectivity index (χ3v) is 3.56. The zero-order chi connectivity index (χ0) is 12.4. The zero-order valence-corrected chi connectivity index (χ0v) is 11.0. The van der Waals surface area contributed by atoms with Gasteiger partial charge < -0.3 is 15.2 Å². The Labute approximate surface area is 107 Å². The first-order valence-corrected chi connectivity index (χ1v) is 6.19. The van der Waals surface area contributed by atoms with E-state index in [1.54, 1.807) is 0 Å². The van der Waals surface area contributed by atoms with Gasteiger partial charge in [-0.3, -0.25) is 0 Å². The van der Waals surface area contributed by atoms with E-state index in [4.69, 9.17) is 26.8 Å². The van der Waals surface area contributed by atoms with Gasteiger partial charge >= 0.3 is 0 Å². The molecule has 1 saturated heterocycles. The summed E-state index contributed by atoms with van der Waals surface area (Å²) < 4.78 is 11.0. The van der Waals surface area contributed by atoms with E-state index in [9.17, 15) is 0 Å². The van der Waals surface area contributed by atoms with Crippen molar-refractivity contribution in [3.05, 3.63) is 33.8 Å². The summed E-state index contributed by atoms with van der Waals surface area (Å²) in [4.78, 5) is 0. The first-order chi connectivity index (χ1) is 8.09. The normalized spacial score (nSPS) is 22.5. The van der Waals surface area contributed by atoms with E-state index >= 15 is 0 Å². The fourth-order valence-corrected chi connectivity index (χ4v) is 2.29. The molecule has 1 aliphatic heterocycles. The predicted octanol–water partition coefficient (Wildman–Crippen LogP) is 2.37. The van der Waals surface area contributed by atoms with Crippen LogP contribution >= 0.6 is 11.6 Å². The van der Waals surface area contributed by atoms with Crippen LogP contribution in [-0.4, -0.2) is 25.9 Å². The molecule has 1 aliphatic rings. The van der Waals surface area contributed by atoms with Gasteiger partial charge in [0.05, 0.1) is 25.9 Å². The highest BCUT2D eigenvalue weighted by molar-refractivity contribution is 6.31. The number of halogens is 1. The molecule has 2 unspecified atom stereocenters. The van der Waals surface area contributed by atoms with Gasteiger partial charge in [-0.1, -0.05) is 17.7 Å². The van der Waals surface area contributed by atoms with Crippen molar-refractivity contribution in [1.29, 1.82) is 0 Å². The average Bonchev–Trinajstić information content (AvgIpc) is 2.34. The third kappa shape index (κ3) is 2.80. The minimum absolute atomic E-state index is 0.0666. The molecule has 3 nitrogen and oxygen atoms in total. The van der Waals surface area contributed by atoms with Crippen molar-refractivity contribution >= 4 is 11.6 Å². The summed E-state index contributed by atoms with van der Waals surface area (Å²) in [6.07, 6.45) is -0.0666. The van der Waals surface area contributed by atoms with Crippen molar-refractivity contribution in [2.75, 3.05) is 19.8 Å². The van der Waals surface area contributed by atoms with E-state index in [2.05, 4.69) is 0 Å². The Balaban J connectivity index is 2.23. The minimum Gasteiger partial charge on any atom is -0.376 e. The van der Waals surface area contributed by atoms with Gasteiger partial charge in [0.15, 0.2) is 0 Å². The lowest BCUT2D eigenvalue weighted by Gasteiger charge is -2.29. The van der Waals surface area contributed by atoms with Gasteiger partial charge in [0.1, 0.15) is 6.10 Å². The SMILES string of the molecule is Cc1cc(C(N)C2COCCO2)c(C)cc1Cl. The van der Waals surface area contributed by atoms with Crippen LogP contribution < -0.4 is 5.73 Å². The number of hydrogen-bond acceptors (Lipinski definition) is 3. The molecular weight excluding hydrogens is 238 g/mol. The molecule has 2 N–H and O–H groups in total. The molecule has 4 heteroatoms. The molecule has 1 aromatic rings. The first kappa shape index (κ1) is 12.8. The van der Waals surface area contributed by atoms with Crippen LogP contribution in [-0.2, 0) is 9.47 Å². The Morgan fingerprint density at radius 1 is 1.29 bits per heavy atom. The van der Waals surface area contributed by atoms with Crippen molar-refractivity contribution in [2.45, 2.75) is 26.0 Å². The number of nitrogens with two attached hydrogens (primary N) is 1. The standard InChI is InChI=1S/C13H18ClNO2/c1-8-6-11(14)9(2)5-10(8)13(15)12-7-16-3-4-17-12/h5-6,12-13H,3-4,7,15H2,1-2H3. The largest absolute Gasteiger partial charge is 0.376 e. The summed E-state index contributed by atoms with van der Waals surface area (Å²) in [5.74, 6) is 0. The molecule has 0 amide bonds. The fraction of sp³-hybridized carbons (Fsp3) is 0.538. The first-order valence-electron chi connectivity index (χ1n) is 5.81. The van der Waals surface area contributed by atoms with Crippen LogP contribution in [0.15, 0.2) is 12.1 Å². The second-order valence-electron chi connectivity index (χ2n) is 4.47. The molecule has 0 spiro atoms. The Morgan fingerprint density at radius 2 is 2.06 bits per heavy atom. The van der Waals surface area contributed by atoms with E-state index in [-0.39, 0.29) is 12.1 Å². The number of aryl methyl sites for hydroxylation is 2. The third-order valence-electron chi connectivity index (χ3n) is 3.15. The number of benzene rings is 1. The summed E-state index contributed by atoms with van der Waals surface area (Å²) in [6, 6.07) is 3.84. The number of hydrogen-bond donors (Lipinski definition) is 1. The molecular formula is C13H18ClNO2. The quantitative estimate of drug-likeness (QED) is 0.883. The summed E-state index contributed by atoms with van der Waals surface area (Å²) in [6.45, 7) is 5.83. The lowest BCUT2D eigenvalue weighted by Crippen LogP contribution is -2.38. The van der Waals surface area contributed by atoms with E-state index in [0.29, 0.717) is 19.8 Å². The van der Waals surface area contributed by atoms with Crippen molar-refractivity contribution in [1.82, 2.24) is 0 Å². The van der Waals surface area contributed by atoms with Crippen molar-refractivity contribution < 1.29 is 9.47 Å². The Kier molecular flexibility index (Phi) is 4.05. The highest BCUT2D eigenvalue weighted by Crippen LogP contribution is 2.27. The molecule has 0 bridgehead atoms. The van der Waals surface area contributed by atoms with Crippen LogP contribution in [0.5, 0.6) is 0 Å². The highest BCUT2D eigenvalue weighted by atomic mass is 35.5. The van der Waals surface area contributed by atoms with Gasteiger partial charge in [-0.2, -0.15) is 0 Å². The smallest absolute Gasteiger partial charge is 0.100 e. The molecule has 0 saturated carbocycles. The van der Waals surface area contributed by atoms with Gasteiger partial charge in [0.2, 0.25) is 0 Å². The van der Waals surface area contributed by atoms with Crippen LogP contribution in [0.2, 0.25) is 5.02 Å². The van der Waals surface area contributed by atoms with E-state index in [1.807, 2.05) is 26.0 Å². The van der Waals surface area contributed by atoms with Crippen LogP contribution in [0.1, 0.15) is 22.7 Å². The van der Waals surface area contributed by atoms with Gasteiger partial charge in [0, 0.05) is 5.02 Å². The summed E-state index contributed by atoms with van der Waals surface area (Å²) in [7, 11) is 0. The maximum absolute atomic E-state index is 6.24. The zero-order valence-electron chi connectivity index (χ0n) is 10.2. The van der Waals surface area contributed by atoms with Crippen LogP contribution in [0.3, 0.4) is 0 Å². The van der Waals surface area contributed by atoms with Crippen LogP contribution in [0, 0.1) is 13.8 Å². The summed E-state index contributed by atoms with van der Waals surface area (Å²) >= 11 is 6.08. The minimum atomic E-state index is -0.161. The van der Waals surface area contributed by atoms with Gasteiger partial charge in [-0.15, -0.1) is 0 Å². The van der Waals surface area contributed by atoms with Gasteiger partial charge in [-0.25, -0.2) is 0 Å². The molecule has 2 atom stereocenters.